The van der Waals surface area contributed by atoms with Gasteiger partial charge in [-0.3, -0.25) is 4.79 Å². The normalized spacial score (nSPS) is 10.7. The third kappa shape index (κ3) is 5.82. The molecule has 3 aromatic rings. The van der Waals surface area contributed by atoms with Crippen molar-refractivity contribution < 1.29 is 9.53 Å². The number of benzene rings is 3. The fraction of sp³-hybridized carbons (Fsp3) is 0.130. The molecular weight excluding hydrogens is 336 g/mol. The first-order chi connectivity index (χ1) is 13.2. The van der Waals surface area contributed by atoms with E-state index in [1.165, 1.54) is 5.56 Å². The van der Waals surface area contributed by atoms with Crippen LogP contribution in [0.5, 0.6) is 5.75 Å². The van der Waals surface area contributed by atoms with Crippen molar-refractivity contribution in [1.82, 2.24) is 5.43 Å². The highest BCUT2D eigenvalue weighted by Crippen LogP contribution is 2.17. The Hall–Kier alpha value is -3.40. The van der Waals surface area contributed by atoms with Gasteiger partial charge in [0, 0.05) is 5.56 Å². The van der Waals surface area contributed by atoms with Crippen molar-refractivity contribution in [2.24, 2.45) is 5.10 Å². The van der Waals surface area contributed by atoms with E-state index in [2.05, 4.69) is 10.5 Å². The topological polar surface area (TPSA) is 50.7 Å². The SMILES string of the molecule is Cc1ccc(CC(=O)N/N=C\c2ccccc2OCc2ccccc2)cc1. The summed E-state index contributed by atoms with van der Waals surface area (Å²) in [5.41, 5.74) is 6.60. The van der Waals surface area contributed by atoms with E-state index in [-0.39, 0.29) is 5.91 Å². The number of hydrogen-bond donors (Lipinski definition) is 1. The molecule has 4 heteroatoms. The van der Waals surface area contributed by atoms with Gasteiger partial charge >= 0.3 is 0 Å². The van der Waals surface area contributed by atoms with Crippen LogP contribution in [0.2, 0.25) is 0 Å². The summed E-state index contributed by atoms with van der Waals surface area (Å²) in [6, 6.07) is 25.5. The largest absolute Gasteiger partial charge is 0.488 e. The van der Waals surface area contributed by atoms with Gasteiger partial charge in [0.2, 0.25) is 5.91 Å². The zero-order chi connectivity index (χ0) is 18.9. The Kier molecular flexibility index (Phi) is 6.36. The Morgan fingerprint density at radius 3 is 2.41 bits per heavy atom. The molecule has 3 aromatic carbocycles. The number of ether oxygens (including phenoxy) is 1. The van der Waals surface area contributed by atoms with Crippen LogP contribution in [0.3, 0.4) is 0 Å². The molecule has 3 rings (SSSR count). The van der Waals surface area contributed by atoms with Gasteiger partial charge in [-0.15, -0.1) is 0 Å². The van der Waals surface area contributed by atoms with Crippen molar-refractivity contribution in [2.75, 3.05) is 0 Å². The van der Waals surface area contributed by atoms with Crippen molar-refractivity contribution >= 4 is 12.1 Å². The molecule has 0 heterocycles. The lowest BCUT2D eigenvalue weighted by Crippen LogP contribution is -2.19. The number of hydrogen-bond acceptors (Lipinski definition) is 3. The summed E-state index contributed by atoms with van der Waals surface area (Å²) in [5.74, 6) is 0.565. The van der Waals surface area contributed by atoms with E-state index >= 15 is 0 Å². The molecule has 0 aliphatic heterocycles. The summed E-state index contributed by atoms with van der Waals surface area (Å²) in [7, 11) is 0. The highest BCUT2D eigenvalue weighted by atomic mass is 16.5. The van der Waals surface area contributed by atoms with Crippen LogP contribution in [-0.2, 0) is 17.8 Å². The Bertz CT molecular complexity index is 903. The molecule has 0 fully saturated rings. The van der Waals surface area contributed by atoms with Gasteiger partial charge in [0.25, 0.3) is 0 Å². The van der Waals surface area contributed by atoms with Crippen LogP contribution in [0.4, 0.5) is 0 Å². The standard InChI is InChI=1S/C23H22N2O2/c1-18-11-13-19(14-12-18)15-23(26)25-24-16-21-9-5-6-10-22(21)27-17-20-7-3-2-4-8-20/h2-14,16H,15,17H2,1H3,(H,25,26)/b24-16-. The van der Waals surface area contributed by atoms with Gasteiger partial charge < -0.3 is 4.74 Å². The van der Waals surface area contributed by atoms with E-state index in [9.17, 15) is 4.79 Å². The van der Waals surface area contributed by atoms with E-state index in [0.29, 0.717) is 13.0 Å². The summed E-state index contributed by atoms with van der Waals surface area (Å²) in [4.78, 5) is 12.0. The van der Waals surface area contributed by atoms with Gasteiger partial charge in [-0.25, -0.2) is 5.43 Å². The Labute approximate surface area is 159 Å². The van der Waals surface area contributed by atoms with Crippen LogP contribution in [0.25, 0.3) is 0 Å². The molecule has 0 saturated heterocycles. The maximum absolute atomic E-state index is 12.0. The minimum absolute atomic E-state index is 0.155. The van der Waals surface area contributed by atoms with Crippen LogP contribution in [-0.4, -0.2) is 12.1 Å². The van der Waals surface area contributed by atoms with Crippen molar-refractivity contribution in [1.29, 1.82) is 0 Å². The summed E-state index contributed by atoms with van der Waals surface area (Å²) >= 11 is 0. The van der Waals surface area contributed by atoms with Gasteiger partial charge in [-0.1, -0.05) is 72.3 Å². The van der Waals surface area contributed by atoms with Crippen LogP contribution in [0.1, 0.15) is 22.3 Å². The first-order valence-corrected chi connectivity index (χ1v) is 8.84. The minimum Gasteiger partial charge on any atom is -0.488 e. The molecule has 0 radical (unpaired) electrons. The Balaban J connectivity index is 1.56. The molecule has 0 unspecified atom stereocenters. The number of para-hydroxylation sites is 1. The van der Waals surface area contributed by atoms with E-state index in [1.54, 1.807) is 6.21 Å². The summed E-state index contributed by atoms with van der Waals surface area (Å²) < 4.78 is 5.88. The summed E-state index contributed by atoms with van der Waals surface area (Å²) in [6.07, 6.45) is 1.90. The molecule has 0 aliphatic rings. The summed E-state index contributed by atoms with van der Waals surface area (Å²) in [5, 5.41) is 4.07. The average molecular weight is 358 g/mol. The van der Waals surface area contributed by atoms with Gasteiger partial charge in [-0.05, 0) is 30.2 Å². The van der Waals surface area contributed by atoms with E-state index in [4.69, 9.17) is 4.74 Å². The minimum atomic E-state index is -0.155. The lowest BCUT2D eigenvalue weighted by molar-refractivity contribution is -0.120. The monoisotopic (exact) mass is 358 g/mol. The number of aryl methyl sites for hydroxylation is 1. The predicted molar refractivity (Wildman–Crippen MR) is 108 cm³/mol. The number of hydrazone groups is 1. The van der Waals surface area contributed by atoms with E-state index in [0.717, 1.165) is 22.4 Å². The lowest BCUT2D eigenvalue weighted by atomic mass is 10.1. The van der Waals surface area contributed by atoms with Crippen molar-refractivity contribution in [3.05, 3.63) is 101 Å². The van der Waals surface area contributed by atoms with E-state index < -0.39 is 0 Å². The fourth-order valence-electron chi connectivity index (χ4n) is 2.56. The molecule has 1 N–H and O–H groups in total. The average Bonchev–Trinajstić information content (AvgIpc) is 2.70. The maximum atomic E-state index is 12.0. The molecule has 27 heavy (non-hydrogen) atoms. The number of rotatable bonds is 7. The molecule has 1 amide bonds. The predicted octanol–water partition coefficient (Wildman–Crippen LogP) is 4.27. The van der Waals surface area contributed by atoms with Crippen LogP contribution >= 0.6 is 0 Å². The van der Waals surface area contributed by atoms with Crippen LogP contribution < -0.4 is 10.2 Å². The second-order valence-corrected chi connectivity index (χ2v) is 6.27. The number of nitrogens with zero attached hydrogens (tertiary/aromatic N) is 1. The fourth-order valence-corrected chi connectivity index (χ4v) is 2.56. The van der Waals surface area contributed by atoms with Crippen LogP contribution in [0, 0.1) is 6.92 Å². The Morgan fingerprint density at radius 1 is 0.926 bits per heavy atom. The van der Waals surface area contributed by atoms with Gasteiger partial charge in [0.1, 0.15) is 12.4 Å². The second-order valence-electron chi connectivity index (χ2n) is 6.27. The molecule has 0 spiro atoms. The van der Waals surface area contributed by atoms with Crippen molar-refractivity contribution in [3.8, 4) is 5.75 Å². The third-order valence-electron chi connectivity index (χ3n) is 4.03. The van der Waals surface area contributed by atoms with Gasteiger partial charge in [-0.2, -0.15) is 5.10 Å². The molecule has 0 atom stereocenters. The zero-order valence-electron chi connectivity index (χ0n) is 15.3. The number of nitrogens with one attached hydrogen (secondary N) is 1. The van der Waals surface area contributed by atoms with Crippen molar-refractivity contribution in [3.63, 3.8) is 0 Å². The smallest absolute Gasteiger partial charge is 0.244 e. The number of carbonyl (C=O) groups excluding carboxylic acids is 1. The molecule has 0 aliphatic carbocycles. The first-order valence-electron chi connectivity index (χ1n) is 8.84. The lowest BCUT2D eigenvalue weighted by Gasteiger charge is -2.09. The maximum Gasteiger partial charge on any atom is 0.244 e. The molecule has 0 bridgehead atoms. The van der Waals surface area contributed by atoms with Crippen LogP contribution in [0.15, 0.2) is 84.0 Å². The second kappa shape index (κ2) is 9.34. The highest BCUT2D eigenvalue weighted by molar-refractivity contribution is 5.85. The first kappa shape index (κ1) is 18.4. The molecule has 0 saturated carbocycles. The highest BCUT2D eigenvalue weighted by Gasteiger charge is 2.03. The molecule has 4 nitrogen and oxygen atoms in total. The zero-order valence-corrected chi connectivity index (χ0v) is 15.3. The number of carbonyl (C=O) groups is 1. The Morgan fingerprint density at radius 2 is 1.63 bits per heavy atom. The van der Waals surface area contributed by atoms with E-state index in [1.807, 2.05) is 85.8 Å². The summed E-state index contributed by atoms with van der Waals surface area (Å²) in [6.45, 7) is 2.50. The third-order valence-corrected chi connectivity index (χ3v) is 4.03. The molecule has 136 valence electrons. The molecule has 0 aromatic heterocycles. The number of amides is 1. The van der Waals surface area contributed by atoms with Crippen molar-refractivity contribution in [2.45, 2.75) is 20.0 Å². The van der Waals surface area contributed by atoms with Gasteiger partial charge in [0.05, 0.1) is 12.6 Å². The molecular formula is C23H22N2O2. The quantitative estimate of drug-likeness (QED) is 0.507. The van der Waals surface area contributed by atoms with Gasteiger partial charge in [0.15, 0.2) is 0 Å².